The number of imidazole rings is 1. The second-order valence-electron chi connectivity index (χ2n) is 7.73. The first-order chi connectivity index (χ1) is 13.5. The number of hydrogen-bond donors (Lipinski definition) is 3. The van der Waals surface area contributed by atoms with E-state index in [1.807, 2.05) is 0 Å². The number of anilines is 2. The van der Waals surface area contributed by atoms with Crippen LogP contribution in [0.3, 0.4) is 0 Å². The number of H-pyrrole nitrogens is 1. The summed E-state index contributed by atoms with van der Waals surface area (Å²) in [6, 6.07) is 1.02. The van der Waals surface area contributed by atoms with Crippen molar-refractivity contribution in [1.29, 1.82) is 0 Å². The van der Waals surface area contributed by atoms with Crippen LogP contribution in [0.25, 0.3) is 11.2 Å². The van der Waals surface area contributed by atoms with Gasteiger partial charge in [0.15, 0.2) is 11.5 Å². The Morgan fingerprint density at radius 1 is 1.11 bits per heavy atom. The Morgan fingerprint density at radius 3 is 2.57 bits per heavy atom. The Bertz CT molecular complexity index is 718. The molecule has 156 valence electrons. The summed E-state index contributed by atoms with van der Waals surface area (Å²) in [7, 11) is 0. The van der Waals surface area contributed by atoms with E-state index in [2.05, 4.69) is 68.1 Å². The second-order valence-corrected chi connectivity index (χ2v) is 7.73. The fourth-order valence-corrected chi connectivity index (χ4v) is 3.61. The van der Waals surface area contributed by atoms with Crippen molar-refractivity contribution in [1.82, 2.24) is 29.7 Å². The number of morpholine rings is 1. The number of rotatable bonds is 10. The van der Waals surface area contributed by atoms with E-state index in [1.165, 1.54) is 0 Å². The Kier molecular flexibility index (Phi) is 7.41. The van der Waals surface area contributed by atoms with Crippen molar-refractivity contribution in [2.45, 2.75) is 39.8 Å². The van der Waals surface area contributed by atoms with Crippen LogP contribution in [0.5, 0.6) is 0 Å². The molecule has 0 aliphatic carbocycles. The van der Waals surface area contributed by atoms with E-state index in [-0.39, 0.29) is 0 Å². The lowest BCUT2D eigenvalue weighted by molar-refractivity contribution is 0.0398. The molecule has 0 spiro atoms. The zero-order valence-corrected chi connectivity index (χ0v) is 17.5. The fourth-order valence-electron chi connectivity index (χ4n) is 3.61. The summed E-state index contributed by atoms with van der Waals surface area (Å²) in [4.78, 5) is 21.5. The van der Waals surface area contributed by atoms with Crippen molar-refractivity contribution in [2.75, 3.05) is 63.1 Å². The van der Waals surface area contributed by atoms with E-state index < -0.39 is 0 Å². The molecular weight excluding hydrogens is 356 g/mol. The molecule has 0 saturated carbocycles. The van der Waals surface area contributed by atoms with Crippen molar-refractivity contribution in [3.05, 3.63) is 6.33 Å². The number of nitrogens with zero attached hydrogens (tertiary/aromatic N) is 5. The van der Waals surface area contributed by atoms with Gasteiger partial charge in [0.2, 0.25) is 5.95 Å². The first kappa shape index (κ1) is 20.8. The Morgan fingerprint density at radius 2 is 1.86 bits per heavy atom. The average Bonchev–Trinajstić information content (AvgIpc) is 3.14. The summed E-state index contributed by atoms with van der Waals surface area (Å²) < 4.78 is 5.39. The summed E-state index contributed by atoms with van der Waals surface area (Å²) in [5.74, 6) is 1.41. The van der Waals surface area contributed by atoms with Crippen LogP contribution in [0.2, 0.25) is 0 Å². The van der Waals surface area contributed by atoms with Crippen molar-refractivity contribution in [2.24, 2.45) is 0 Å². The van der Waals surface area contributed by atoms with Crippen molar-refractivity contribution in [3.8, 4) is 0 Å². The highest BCUT2D eigenvalue weighted by Crippen LogP contribution is 2.18. The summed E-state index contributed by atoms with van der Waals surface area (Å²) in [6.07, 6.45) is 1.66. The molecule has 3 heterocycles. The summed E-state index contributed by atoms with van der Waals surface area (Å²) >= 11 is 0. The highest BCUT2D eigenvalue weighted by molar-refractivity contribution is 5.83. The van der Waals surface area contributed by atoms with Crippen LogP contribution >= 0.6 is 0 Å². The van der Waals surface area contributed by atoms with Gasteiger partial charge < -0.3 is 20.4 Å². The van der Waals surface area contributed by atoms with E-state index in [0.717, 1.165) is 63.8 Å². The van der Waals surface area contributed by atoms with Gasteiger partial charge in [-0.25, -0.2) is 4.98 Å². The van der Waals surface area contributed by atoms with Gasteiger partial charge in [0.1, 0.15) is 5.52 Å². The van der Waals surface area contributed by atoms with Crippen molar-refractivity contribution < 1.29 is 4.74 Å². The summed E-state index contributed by atoms with van der Waals surface area (Å²) in [6.45, 7) is 16.0. The molecule has 3 rings (SSSR count). The smallest absolute Gasteiger partial charge is 0.226 e. The number of nitrogens with one attached hydrogen (secondary N) is 3. The number of aromatic nitrogens is 4. The molecule has 2 aromatic rings. The van der Waals surface area contributed by atoms with Gasteiger partial charge in [-0.15, -0.1) is 0 Å². The standard InChI is InChI=1S/C19H34N8O/c1-14(2)27(15(3)4)8-6-20-17-16-18(23-13-22-16)25-19(24-17)21-5-7-26-9-11-28-12-10-26/h13-15H,5-12H2,1-4H3,(H3,20,21,22,23,24,25). The quantitative estimate of drug-likeness (QED) is 0.564. The first-order valence-corrected chi connectivity index (χ1v) is 10.3. The lowest BCUT2D eigenvalue weighted by atomic mass is 10.2. The summed E-state index contributed by atoms with van der Waals surface area (Å²) in [5, 5.41) is 6.80. The van der Waals surface area contributed by atoms with E-state index in [9.17, 15) is 0 Å². The molecule has 1 saturated heterocycles. The maximum absolute atomic E-state index is 5.39. The minimum atomic E-state index is 0.511. The SMILES string of the molecule is CC(C)N(CCNc1nc(NCCN2CCOCC2)nc2nc[nH]c12)C(C)C. The topological polar surface area (TPSA) is 94.2 Å². The molecule has 9 nitrogen and oxygen atoms in total. The van der Waals surface area contributed by atoms with Crippen LogP contribution < -0.4 is 10.6 Å². The Balaban J connectivity index is 1.59. The lowest BCUT2D eigenvalue weighted by Gasteiger charge is -2.30. The molecule has 3 N–H and O–H groups in total. The molecule has 0 unspecified atom stereocenters. The van der Waals surface area contributed by atoms with Crippen LogP contribution in [0.4, 0.5) is 11.8 Å². The minimum Gasteiger partial charge on any atom is -0.379 e. The molecule has 1 fully saturated rings. The Labute approximate surface area is 167 Å². The van der Waals surface area contributed by atoms with E-state index in [1.54, 1.807) is 6.33 Å². The zero-order valence-electron chi connectivity index (χ0n) is 17.5. The van der Waals surface area contributed by atoms with Crippen LogP contribution in [-0.2, 0) is 4.74 Å². The van der Waals surface area contributed by atoms with Gasteiger partial charge >= 0.3 is 0 Å². The minimum absolute atomic E-state index is 0.511. The molecular formula is C19H34N8O. The van der Waals surface area contributed by atoms with Gasteiger partial charge in [-0.05, 0) is 27.7 Å². The molecule has 0 radical (unpaired) electrons. The normalized spacial score (nSPS) is 15.8. The van der Waals surface area contributed by atoms with E-state index >= 15 is 0 Å². The van der Waals surface area contributed by atoms with Gasteiger partial charge in [-0.2, -0.15) is 9.97 Å². The predicted molar refractivity (Wildman–Crippen MR) is 113 cm³/mol. The van der Waals surface area contributed by atoms with Gasteiger partial charge in [-0.3, -0.25) is 9.80 Å². The van der Waals surface area contributed by atoms with Crippen LogP contribution in [-0.4, -0.2) is 94.3 Å². The third-order valence-electron chi connectivity index (χ3n) is 5.09. The number of aromatic amines is 1. The maximum atomic E-state index is 5.39. The molecule has 0 atom stereocenters. The van der Waals surface area contributed by atoms with Crippen molar-refractivity contribution >= 4 is 22.9 Å². The van der Waals surface area contributed by atoms with Crippen molar-refractivity contribution in [3.63, 3.8) is 0 Å². The third-order valence-corrected chi connectivity index (χ3v) is 5.09. The fraction of sp³-hybridized carbons (Fsp3) is 0.737. The highest BCUT2D eigenvalue weighted by Gasteiger charge is 2.15. The van der Waals surface area contributed by atoms with Gasteiger partial charge in [0.25, 0.3) is 0 Å². The molecule has 0 amide bonds. The summed E-state index contributed by atoms with van der Waals surface area (Å²) in [5.41, 5.74) is 1.52. The predicted octanol–water partition coefficient (Wildman–Crippen LogP) is 1.63. The maximum Gasteiger partial charge on any atom is 0.226 e. The highest BCUT2D eigenvalue weighted by atomic mass is 16.5. The molecule has 1 aliphatic rings. The Hall–Kier alpha value is -1.97. The largest absolute Gasteiger partial charge is 0.379 e. The third kappa shape index (κ3) is 5.52. The second kappa shape index (κ2) is 9.99. The molecule has 9 heteroatoms. The van der Waals surface area contributed by atoms with Gasteiger partial charge in [0, 0.05) is 51.4 Å². The van der Waals surface area contributed by atoms with Gasteiger partial charge in [0.05, 0.1) is 19.5 Å². The number of hydrogen-bond acceptors (Lipinski definition) is 8. The molecule has 0 aromatic carbocycles. The first-order valence-electron chi connectivity index (χ1n) is 10.3. The average molecular weight is 391 g/mol. The molecule has 2 aromatic heterocycles. The molecule has 1 aliphatic heterocycles. The zero-order chi connectivity index (χ0) is 19.9. The number of ether oxygens (including phenoxy) is 1. The monoisotopic (exact) mass is 390 g/mol. The molecule has 0 bridgehead atoms. The van der Waals surface area contributed by atoms with Crippen LogP contribution in [0.15, 0.2) is 6.33 Å². The van der Waals surface area contributed by atoms with Crippen LogP contribution in [0, 0.1) is 0 Å². The molecule has 28 heavy (non-hydrogen) atoms. The van der Waals surface area contributed by atoms with E-state index in [4.69, 9.17) is 4.74 Å². The lowest BCUT2D eigenvalue weighted by Crippen LogP contribution is -2.40. The number of fused-ring (bicyclic) bond motifs is 1. The van der Waals surface area contributed by atoms with Gasteiger partial charge in [-0.1, -0.05) is 0 Å². The van der Waals surface area contributed by atoms with Crippen LogP contribution in [0.1, 0.15) is 27.7 Å². The van der Waals surface area contributed by atoms with E-state index in [0.29, 0.717) is 23.7 Å².